The Hall–Kier alpha value is -0.0800. The van der Waals surface area contributed by atoms with Gasteiger partial charge in [-0.25, -0.2) is 0 Å². The van der Waals surface area contributed by atoms with Crippen LogP contribution in [0.4, 0.5) is 0 Å². The van der Waals surface area contributed by atoms with E-state index < -0.39 is 0 Å². The van der Waals surface area contributed by atoms with Crippen LogP contribution in [0.5, 0.6) is 0 Å². The highest BCUT2D eigenvalue weighted by Gasteiger charge is 2.16. The Morgan fingerprint density at radius 1 is 1.60 bits per heavy atom. The van der Waals surface area contributed by atoms with Crippen molar-refractivity contribution in [3.05, 3.63) is 0 Å². The number of hydrogen-bond donors (Lipinski definition) is 1. The van der Waals surface area contributed by atoms with Crippen molar-refractivity contribution in [2.75, 3.05) is 33.2 Å². The van der Waals surface area contributed by atoms with Gasteiger partial charge in [0.2, 0.25) is 0 Å². The highest BCUT2D eigenvalue weighted by Crippen LogP contribution is 2.13. The second-order valence-electron chi connectivity index (χ2n) is 3.30. The van der Waals surface area contributed by atoms with E-state index in [0.29, 0.717) is 0 Å². The van der Waals surface area contributed by atoms with Crippen molar-refractivity contribution in [3.63, 3.8) is 0 Å². The van der Waals surface area contributed by atoms with Crippen LogP contribution in [0.15, 0.2) is 0 Å². The molecule has 1 aliphatic rings. The quantitative estimate of drug-likeness (QED) is 0.619. The number of nitrogens with one attached hydrogen (secondary N) is 1. The Balaban J connectivity index is 2.06. The zero-order valence-electron chi connectivity index (χ0n) is 7.06. The van der Waals surface area contributed by atoms with Crippen LogP contribution in [0, 0.1) is 5.92 Å². The van der Waals surface area contributed by atoms with Gasteiger partial charge in [0.15, 0.2) is 0 Å². The fourth-order valence-electron chi connectivity index (χ4n) is 1.50. The van der Waals surface area contributed by atoms with E-state index in [2.05, 4.69) is 17.1 Å². The van der Waals surface area contributed by atoms with Gasteiger partial charge in [-0.1, -0.05) is 6.92 Å². The van der Waals surface area contributed by atoms with Crippen molar-refractivity contribution < 1.29 is 0 Å². The summed E-state index contributed by atoms with van der Waals surface area (Å²) < 4.78 is 0. The lowest BCUT2D eigenvalue weighted by molar-refractivity contribution is 0.329. The lowest BCUT2D eigenvalue weighted by Gasteiger charge is -2.13. The first-order valence-corrected chi connectivity index (χ1v) is 4.20. The van der Waals surface area contributed by atoms with Gasteiger partial charge < -0.3 is 10.2 Å². The molecule has 1 atom stereocenters. The van der Waals surface area contributed by atoms with E-state index in [1.165, 1.54) is 26.1 Å². The molecule has 0 bridgehead atoms. The van der Waals surface area contributed by atoms with Crippen molar-refractivity contribution in [1.29, 1.82) is 0 Å². The standard InChI is InChI=1S/C8H18N2/c1-8-3-5-10(7-8)6-4-9-2/h8-9H,3-7H2,1-2H3. The summed E-state index contributed by atoms with van der Waals surface area (Å²) in [5, 5.41) is 3.17. The minimum Gasteiger partial charge on any atom is -0.318 e. The maximum absolute atomic E-state index is 3.17. The molecule has 1 fully saturated rings. The number of nitrogens with zero attached hydrogens (tertiary/aromatic N) is 1. The largest absolute Gasteiger partial charge is 0.318 e. The van der Waals surface area contributed by atoms with E-state index in [-0.39, 0.29) is 0 Å². The molecule has 0 aromatic carbocycles. The highest BCUT2D eigenvalue weighted by molar-refractivity contribution is 4.72. The van der Waals surface area contributed by atoms with Crippen LogP contribution in [-0.4, -0.2) is 38.1 Å². The van der Waals surface area contributed by atoms with Crippen LogP contribution >= 0.6 is 0 Å². The predicted octanol–water partition coefficient (Wildman–Crippen LogP) is 0.548. The second-order valence-corrected chi connectivity index (χ2v) is 3.30. The van der Waals surface area contributed by atoms with E-state index in [9.17, 15) is 0 Å². The molecule has 1 heterocycles. The van der Waals surface area contributed by atoms with Crippen LogP contribution in [0.2, 0.25) is 0 Å². The molecule has 0 aromatic rings. The molecule has 0 spiro atoms. The second kappa shape index (κ2) is 3.94. The van der Waals surface area contributed by atoms with Gasteiger partial charge in [0.25, 0.3) is 0 Å². The molecule has 0 amide bonds. The summed E-state index contributed by atoms with van der Waals surface area (Å²) in [4.78, 5) is 2.53. The van der Waals surface area contributed by atoms with Crippen molar-refractivity contribution in [1.82, 2.24) is 10.2 Å². The molecule has 1 saturated heterocycles. The first-order chi connectivity index (χ1) is 4.83. The Kier molecular flexibility index (Phi) is 3.16. The zero-order chi connectivity index (χ0) is 7.40. The van der Waals surface area contributed by atoms with Crippen molar-refractivity contribution in [2.45, 2.75) is 13.3 Å². The maximum atomic E-state index is 3.17. The SMILES string of the molecule is CNCCN1CCC(C)C1. The number of rotatable bonds is 3. The normalized spacial score (nSPS) is 27.6. The molecule has 60 valence electrons. The Bertz CT molecular complexity index is 93.3. The van der Waals surface area contributed by atoms with Crippen LogP contribution < -0.4 is 5.32 Å². The van der Waals surface area contributed by atoms with Crippen LogP contribution in [0.3, 0.4) is 0 Å². The summed E-state index contributed by atoms with van der Waals surface area (Å²) in [5.74, 6) is 0.928. The first kappa shape index (κ1) is 8.02. The van der Waals surface area contributed by atoms with Gasteiger partial charge in [-0.3, -0.25) is 0 Å². The van der Waals surface area contributed by atoms with Gasteiger partial charge in [-0.15, -0.1) is 0 Å². The Morgan fingerprint density at radius 3 is 2.90 bits per heavy atom. The van der Waals surface area contributed by atoms with Crippen molar-refractivity contribution >= 4 is 0 Å². The predicted molar refractivity (Wildman–Crippen MR) is 44.1 cm³/mol. The van der Waals surface area contributed by atoms with E-state index in [1.54, 1.807) is 0 Å². The average molecular weight is 142 g/mol. The van der Waals surface area contributed by atoms with Gasteiger partial charge in [0.05, 0.1) is 0 Å². The Morgan fingerprint density at radius 2 is 2.40 bits per heavy atom. The minimum atomic E-state index is 0.928. The van der Waals surface area contributed by atoms with Crippen molar-refractivity contribution in [3.8, 4) is 0 Å². The molecule has 0 aliphatic carbocycles. The summed E-state index contributed by atoms with van der Waals surface area (Å²) in [6, 6.07) is 0. The van der Waals surface area contributed by atoms with Crippen LogP contribution in [-0.2, 0) is 0 Å². The zero-order valence-corrected chi connectivity index (χ0v) is 7.06. The summed E-state index contributed by atoms with van der Waals surface area (Å²) in [6.45, 7) is 7.30. The highest BCUT2D eigenvalue weighted by atomic mass is 15.2. The smallest absolute Gasteiger partial charge is 0.0107 e. The summed E-state index contributed by atoms with van der Waals surface area (Å²) in [6.07, 6.45) is 1.39. The molecule has 0 aromatic heterocycles. The lowest BCUT2D eigenvalue weighted by Crippen LogP contribution is -2.28. The third kappa shape index (κ3) is 2.27. The first-order valence-electron chi connectivity index (χ1n) is 4.20. The molecular weight excluding hydrogens is 124 g/mol. The molecule has 1 unspecified atom stereocenters. The minimum absolute atomic E-state index is 0.928. The fraction of sp³-hybridized carbons (Fsp3) is 1.00. The number of likely N-dealkylation sites (N-methyl/N-ethyl adjacent to an activating group) is 1. The topological polar surface area (TPSA) is 15.3 Å². The van der Waals surface area contributed by atoms with Gasteiger partial charge >= 0.3 is 0 Å². The molecule has 0 radical (unpaired) electrons. The van der Waals surface area contributed by atoms with Crippen molar-refractivity contribution in [2.24, 2.45) is 5.92 Å². The fourth-order valence-corrected chi connectivity index (χ4v) is 1.50. The number of hydrogen-bond acceptors (Lipinski definition) is 2. The van der Waals surface area contributed by atoms with Gasteiger partial charge in [0, 0.05) is 19.6 Å². The van der Waals surface area contributed by atoms with E-state index >= 15 is 0 Å². The summed E-state index contributed by atoms with van der Waals surface area (Å²) >= 11 is 0. The third-order valence-electron chi connectivity index (χ3n) is 2.19. The van der Waals surface area contributed by atoms with Gasteiger partial charge in [-0.2, -0.15) is 0 Å². The Labute approximate surface area is 63.6 Å². The average Bonchev–Trinajstić information content (AvgIpc) is 2.31. The molecule has 10 heavy (non-hydrogen) atoms. The molecule has 1 rings (SSSR count). The molecule has 1 aliphatic heterocycles. The van der Waals surface area contributed by atoms with Gasteiger partial charge in [0.1, 0.15) is 0 Å². The molecule has 2 heteroatoms. The van der Waals surface area contributed by atoms with Crippen LogP contribution in [0.1, 0.15) is 13.3 Å². The van der Waals surface area contributed by atoms with Gasteiger partial charge in [-0.05, 0) is 25.9 Å². The van der Waals surface area contributed by atoms with E-state index in [0.717, 1.165) is 12.5 Å². The summed E-state index contributed by atoms with van der Waals surface area (Å²) in [5.41, 5.74) is 0. The molecule has 2 nitrogen and oxygen atoms in total. The number of likely N-dealkylation sites (tertiary alicyclic amines) is 1. The summed E-state index contributed by atoms with van der Waals surface area (Å²) in [7, 11) is 2.01. The lowest BCUT2D eigenvalue weighted by atomic mass is 10.2. The maximum Gasteiger partial charge on any atom is 0.0107 e. The molecular formula is C8H18N2. The monoisotopic (exact) mass is 142 g/mol. The van der Waals surface area contributed by atoms with E-state index in [1.807, 2.05) is 7.05 Å². The third-order valence-corrected chi connectivity index (χ3v) is 2.19. The molecule has 0 saturated carbocycles. The van der Waals surface area contributed by atoms with E-state index in [4.69, 9.17) is 0 Å². The van der Waals surface area contributed by atoms with Crippen LogP contribution in [0.25, 0.3) is 0 Å². The molecule has 1 N–H and O–H groups in total.